The minimum atomic E-state index is -0.589. The molecule has 0 aliphatic rings. The van der Waals surface area contributed by atoms with E-state index in [1.165, 1.54) is 5.56 Å². The number of aliphatic hydroxyl groups excluding tert-OH is 1. The number of nitrogens with one attached hydrogen (secondary N) is 1. The fourth-order valence-corrected chi connectivity index (χ4v) is 2.83. The van der Waals surface area contributed by atoms with E-state index in [1.54, 1.807) is 11.0 Å². The summed E-state index contributed by atoms with van der Waals surface area (Å²) in [7, 11) is 0. The van der Waals surface area contributed by atoms with Crippen LogP contribution >= 0.6 is 0 Å². The lowest BCUT2D eigenvalue weighted by Gasteiger charge is -2.19. The third-order valence-corrected chi connectivity index (χ3v) is 4.43. The number of aryl methyl sites for hydroxylation is 2. The fourth-order valence-electron chi connectivity index (χ4n) is 2.83. The van der Waals surface area contributed by atoms with Crippen molar-refractivity contribution in [3.05, 3.63) is 65.5 Å². The monoisotopic (exact) mass is 367 g/mol. The van der Waals surface area contributed by atoms with Crippen molar-refractivity contribution in [3.8, 4) is 11.4 Å². The third kappa shape index (κ3) is 5.12. The van der Waals surface area contributed by atoms with Crippen LogP contribution in [0.1, 0.15) is 29.7 Å². The second-order valence-electron chi connectivity index (χ2n) is 6.71. The Morgan fingerprint density at radius 3 is 2.59 bits per heavy atom. The van der Waals surface area contributed by atoms with Gasteiger partial charge in [-0.2, -0.15) is 0 Å². The van der Waals surface area contributed by atoms with E-state index in [-0.39, 0.29) is 12.6 Å². The summed E-state index contributed by atoms with van der Waals surface area (Å²) < 4.78 is 7.34. The Balaban J connectivity index is 1.47. The van der Waals surface area contributed by atoms with Gasteiger partial charge in [0.25, 0.3) is 0 Å². The van der Waals surface area contributed by atoms with Gasteiger partial charge in [0.15, 0.2) is 0 Å². The van der Waals surface area contributed by atoms with Gasteiger partial charge < -0.3 is 15.2 Å². The molecule has 0 saturated heterocycles. The highest BCUT2D eigenvalue weighted by Crippen LogP contribution is 2.19. The van der Waals surface area contributed by atoms with Crippen LogP contribution in [-0.4, -0.2) is 44.6 Å². The van der Waals surface area contributed by atoms with Crippen LogP contribution < -0.4 is 10.1 Å². The molecular formula is C20H25N5O2. The van der Waals surface area contributed by atoms with Gasteiger partial charge in [-0.15, -0.1) is 5.10 Å². The van der Waals surface area contributed by atoms with Crippen molar-refractivity contribution in [2.24, 2.45) is 0 Å². The maximum absolute atomic E-state index is 10.2. The molecule has 0 aliphatic heterocycles. The van der Waals surface area contributed by atoms with Gasteiger partial charge in [-0.3, -0.25) is 0 Å². The van der Waals surface area contributed by atoms with Gasteiger partial charge in [0.2, 0.25) is 0 Å². The molecule has 2 N–H and O–H groups in total. The van der Waals surface area contributed by atoms with Crippen LogP contribution in [0.3, 0.4) is 0 Å². The third-order valence-electron chi connectivity index (χ3n) is 4.43. The van der Waals surface area contributed by atoms with Crippen molar-refractivity contribution < 1.29 is 9.84 Å². The molecule has 7 nitrogen and oxygen atoms in total. The quantitative estimate of drug-likeness (QED) is 0.636. The fraction of sp³-hybridized carbons (Fsp3) is 0.350. The number of aromatic nitrogens is 4. The van der Waals surface area contributed by atoms with Crippen LogP contribution in [0.2, 0.25) is 0 Å². The Hall–Kier alpha value is -2.77. The first-order chi connectivity index (χ1) is 13.0. The normalized spacial score (nSPS) is 13.3. The Bertz CT molecular complexity index is 849. The number of hydrogen-bond donors (Lipinski definition) is 2. The number of tetrazole rings is 1. The first-order valence-electron chi connectivity index (χ1n) is 8.98. The van der Waals surface area contributed by atoms with E-state index >= 15 is 0 Å². The summed E-state index contributed by atoms with van der Waals surface area (Å²) in [6.45, 7) is 6.81. The summed E-state index contributed by atoms with van der Waals surface area (Å²) in [5, 5.41) is 24.7. The van der Waals surface area contributed by atoms with E-state index in [2.05, 4.69) is 33.8 Å². The zero-order chi connectivity index (χ0) is 19.2. The second-order valence-corrected chi connectivity index (χ2v) is 6.71. The number of nitrogens with zero attached hydrogens (tertiary/aromatic N) is 4. The molecule has 2 atom stereocenters. The molecule has 0 spiro atoms. The van der Waals surface area contributed by atoms with E-state index in [9.17, 15) is 5.11 Å². The molecule has 0 saturated carbocycles. The number of hydrogen-bond acceptors (Lipinski definition) is 6. The Morgan fingerprint density at radius 2 is 1.93 bits per heavy atom. The molecule has 27 heavy (non-hydrogen) atoms. The molecule has 0 bridgehead atoms. The summed E-state index contributed by atoms with van der Waals surface area (Å²) in [6, 6.07) is 14.1. The van der Waals surface area contributed by atoms with E-state index in [0.717, 1.165) is 22.6 Å². The van der Waals surface area contributed by atoms with Crippen LogP contribution in [0.25, 0.3) is 5.69 Å². The molecule has 2 aromatic carbocycles. The minimum absolute atomic E-state index is 0.101. The van der Waals surface area contributed by atoms with Crippen LogP contribution in [0.15, 0.2) is 48.8 Å². The highest BCUT2D eigenvalue weighted by atomic mass is 16.5. The Labute approximate surface area is 159 Å². The van der Waals surface area contributed by atoms with E-state index in [1.807, 2.05) is 50.2 Å². The molecule has 1 heterocycles. The predicted molar refractivity (Wildman–Crippen MR) is 103 cm³/mol. The first-order valence-corrected chi connectivity index (χ1v) is 8.98. The van der Waals surface area contributed by atoms with Crippen LogP contribution in [-0.2, 0) is 0 Å². The van der Waals surface area contributed by atoms with E-state index in [4.69, 9.17) is 4.74 Å². The topological polar surface area (TPSA) is 85.1 Å². The largest absolute Gasteiger partial charge is 0.491 e. The SMILES string of the molecule is Cc1ccc(OCC(O)CNC(C)c2ccc(-n3cnnn3)cc2)c(C)c1. The second kappa shape index (κ2) is 8.75. The molecule has 2 unspecified atom stereocenters. The van der Waals surface area contributed by atoms with Crippen LogP contribution in [0.4, 0.5) is 0 Å². The first kappa shape index (κ1) is 19.0. The zero-order valence-electron chi connectivity index (χ0n) is 15.8. The van der Waals surface area contributed by atoms with Gasteiger partial charge in [-0.05, 0) is 60.5 Å². The summed E-state index contributed by atoms with van der Waals surface area (Å²) in [4.78, 5) is 0. The van der Waals surface area contributed by atoms with Gasteiger partial charge in [0.1, 0.15) is 24.8 Å². The highest BCUT2D eigenvalue weighted by Gasteiger charge is 2.11. The predicted octanol–water partition coefficient (Wildman–Crippen LogP) is 2.37. The molecule has 3 rings (SSSR count). The molecule has 0 fully saturated rings. The maximum atomic E-state index is 10.2. The summed E-state index contributed by atoms with van der Waals surface area (Å²) >= 11 is 0. The molecule has 0 amide bonds. The van der Waals surface area contributed by atoms with Crippen molar-refractivity contribution in [3.63, 3.8) is 0 Å². The number of benzene rings is 2. The molecule has 0 aliphatic carbocycles. The highest BCUT2D eigenvalue weighted by molar-refractivity contribution is 5.36. The number of ether oxygens (including phenoxy) is 1. The minimum Gasteiger partial charge on any atom is -0.491 e. The van der Waals surface area contributed by atoms with Crippen LogP contribution in [0.5, 0.6) is 5.75 Å². The average Bonchev–Trinajstić information content (AvgIpc) is 3.20. The van der Waals surface area contributed by atoms with Crippen molar-refractivity contribution in [2.75, 3.05) is 13.2 Å². The summed E-state index contributed by atoms with van der Waals surface area (Å²) in [5.74, 6) is 0.811. The van der Waals surface area contributed by atoms with Crippen molar-refractivity contribution in [1.82, 2.24) is 25.5 Å². The lowest BCUT2D eigenvalue weighted by Crippen LogP contribution is -2.33. The van der Waals surface area contributed by atoms with E-state index < -0.39 is 6.10 Å². The number of rotatable bonds is 8. The molecule has 3 aromatic rings. The summed E-state index contributed by atoms with van der Waals surface area (Å²) in [6.07, 6.45) is 0.969. The molecule has 142 valence electrons. The van der Waals surface area contributed by atoms with Gasteiger partial charge >= 0.3 is 0 Å². The standard InChI is InChI=1S/C20H25N5O2/c1-14-4-9-20(15(2)10-14)27-12-19(26)11-21-16(3)17-5-7-18(8-6-17)25-13-22-23-24-25/h4-10,13,16,19,21,26H,11-12H2,1-3H3. The van der Waals surface area contributed by atoms with Gasteiger partial charge in [0, 0.05) is 12.6 Å². The molecular weight excluding hydrogens is 342 g/mol. The molecule has 1 aromatic heterocycles. The Kier molecular flexibility index (Phi) is 6.16. The smallest absolute Gasteiger partial charge is 0.143 e. The summed E-state index contributed by atoms with van der Waals surface area (Å²) in [5.41, 5.74) is 4.29. The maximum Gasteiger partial charge on any atom is 0.143 e. The molecule has 0 radical (unpaired) electrons. The Morgan fingerprint density at radius 1 is 1.15 bits per heavy atom. The lowest BCUT2D eigenvalue weighted by molar-refractivity contribution is 0.104. The van der Waals surface area contributed by atoms with Crippen molar-refractivity contribution in [2.45, 2.75) is 32.9 Å². The molecule has 7 heteroatoms. The van der Waals surface area contributed by atoms with Crippen molar-refractivity contribution in [1.29, 1.82) is 0 Å². The number of aliphatic hydroxyl groups is 1. The zero-order valence-corrected chi connectivity index (χ0v) is 15.8. The average molecular weight is 367 g/mol. The van der Waals surface area contributed by atoms with Gasteiger partial charge in [-0.1, -0.05) is 29.8 Å². The van der Waals surface area contributed by atoms with Gasteiger partial charge in [0.05, 0.1) is 5.69 Å². The van der Waals surface area contributed by atoms with Crippen LogP contribution in [0, 0.1) is 13.8 Å². The lowest BCUT2D eigenvalue weighted by atomic mass is 10.1. The van der Waals surface area contributed by atoms with E-state index in [0.29, 0.717) is 6.54 Å². The van der Waals surface area contributed by atoms with Gasteiger partial charge in [-0.25, -0.2) is 4.68 Å². The van der Waals surface area contributed by atoms with Crippen molar-refractivity contribution >= 4 is 0 Å².